The van der Waals surface area contributed by atoms with Gasteiger partial charge in [0, 0.05) is 23.3 Å². The molecule has 0 spiro atoms. The average molecular weight is 425 g/mol. The second-order valence-corrected chi connectivity index (χ2v) is 6.80. The molecule has 1 heterocycles. The highest BCUT2D eigenvalue weighted by molar-refractivity contribution is 5.77. The van der Waals surface area contributed by atoms with Crippen LogP contribution in [0.25, 0.3) is 22.3 Å². The van der Waals surface area contributed by atoms with Gasteiger partial charge in [-0.05, 0) is 34.4 Å². The summed E-state index contributed by atoms with van der Waals surface area (Å²) < 4.78 is 2.28. The number of nitriles is 1. The summed E-state index contributed by atoms with van der Waals surface area (Å²) in [6, 6.07) is 31.7. The predicted octanol–water partition coefficient (Wildman–Crippen LogP) is 2.13. The fraction of sp³-hybridized carbons (Fsp3) is 0.0400. The Balaban J connectivity index is 0.00000192. The van der Waals surface area contributed by atoms with Crippen LogP contribution in [0.1, 0.15) is 22.7 Å². The van der Waals surface area contributed by atoms with Gasteiger partial charge >= 0.3 is 0 Å². The highest BCUT2D eigenvalue weighted by atomic mass is 79.9. The third-order valence-corrected chi connectivity index (χ3v) is 5.30. The van der Waals surface area contributed by atoms with Crippen molar-refractivity contribution in [2.24, 2.45) is 0 Å². The van der Waals surface area contributed by atoms with Crippen LogP contribution in [0.4, 0.5) is 0 Å². The molecule has 0 unspecified atom stereocenters. The molecule has 0 atom stereocenters. The molecule has 0 saturated heterocycles. The molecular weight excluding hydrogens is 408 g/mol. The van der Waals surface area contributed by atoms with Crippen molar-refractivity contribution in [3.05, 3.63) is 114 Å². The molecule has 0 N–H and O–H groups in total. The Hall–Kier alpha value is -3.22. The number of benzene rings is 3. The zero-order valence-corrected chi connectivity index (χ0v) is 16.7. The normalized spacial score (nSPS) is 11.8. The summed E-state index contributed by atoms with van der Waals surface area (Å²) in [5.74, 6) is 0. The summed E-state index contributed by atoms with van der Waals surface area (Å²) in [6.07, 6.45) is 4.30. The minimum absolute atomic E-state index is 0. The Bertz CT molecular complexity index is 1130. The van der Waals surface area contributed by atoms with Crippen LogP contribution in [0.3, 0.4) is 0 Å². The summed E-state index contributed by atoms with van der Waals surface area (Å²) >= 11 is 0. The SMILES string of the molecule is N#Cc1ccc(-c2cc[n+](C3c4ccccc4-c4ccccc43)cc2)cc1.[Br-]. The highest BCUT2D eigenvalue weighted by Crippen LogP contribution is 2.42. The largest absolute Gasteiger partial charge is 1.00 e. The van der Waals surface area contributed by atoms with Gasteiger partial charge in [0.25, 0.3) is 0 Å². The lowest BCUT2D eigenvalue weighted by Gasteiger charge is -2.09. The Morgan fingerprint density at radius 3 is 1.68 bits per heavy atom. The number of aromatic nitrogens is 1. The minimum atomic E-state index is 0. The molecule has 0 radical (unpaired) electrons. The summed E-state index contributed by atoms with van der Waals surface area (Å²) in [6.45, 7) is 0. The van der Waals surface area contributed by atoms with Gasteiger partial charge in [-0.3, -0.25) is 0 Å². The molecule has 4 aromatic rings. The summed E-state index contributed by atoms with van der Waals surface area (Å²) in [7, 11) is 0. The molecule has 2 nitrogen and oxygen atoms in total. The molecule has 1 aliphatic carbocycles. The van der Waals surface area contributed by atoms with Gasteiger partial charge in [0.2, 0.25) is 6.04 Å². The van der Waals surface area contributed by atoms with Crippen LogP contribution in [0.5, 0.6) is 0 Å². The zero-order valence-electron chi connectivity index (χ0n) is 15.1. The van der Waals surface area contributed by atoms with E-state index in [-0.39, 0.29) is 23.0 Å². The van der Waals surface area contributed by atoms with E-state index in [4.69, 9.17) is 5.26 Å². The molecular formula is C25H17BrN2. The maximum atomic E-state index is 8.96. The fourth-order valence-corrected chi connectivity index (χ4v) is 3.99. The van der Waals surface area contributed by atoms with Gasteiger partial charge in [0.15, 0.2) is 12.4 Å². The highest BCUT2D eigenvalue weighted by Gasteiger charge is 2.34. The van der Waals surface area contributed by atoms with Crippen molar-refractivity contribution in [2.45, 2.75) is 6.04 Å². The van der Waals surface area contributed by atoms with Crippen molar-refractivity contribution in [3.8, 4) is 28.3 Å². The lowest BCUT2D eigenvalue weighted by Crippen LogP contribution is -3.00. The Morgan fingerprint density at radius 1 is 0.643 bits per heavy atom. The van der Waals surface area contributed by atoms with Gasteiger partial charge in [-0.15, -0.1) is 0 Å². The van der Waals surface area contributed by atoms with Crippen LogP contribution in [0, 0.1) is 11.3 Å². The predicted molar refractivity (Wildman–Crippen MR) is 106 cm³/mol. The van der Waals surface area contributed by atoms with E-state index in [1.165, 1.54) is 22.3 Å². The van der Waals surface area contributed by atoms with Gasteiger partial charge in [0.05, 0.1) is 11.6 Å². The first kappa shape index (κ1) is 18.2. The average Bonchev–Trinajstić information content (AvgIpc) is 3.08. The molecule has 3 aromatic carbocycles. The Morgan fingerprint density at radius 2 is 1.14 bits per heavy atom. The van der Waals surface area contributed by atoms with E-state index in [1.54, 1.807) is 0 Å². The number of rotatable bonds is 2. The van der Waals surface area contributed by atoms with Gasteiger partial charge in [-0.2, -0.15) is 9.83 Å². The minimum Gasteiger partial charge on any atom is -1.00 e. The zero-order chi connectivity index (χ0) is 18.2. The van der Waals surface area contributed by atoms with E-state index >= 15 is 0 Å². The molecule has 3 heteroatoms. The smallest absolute Gasteiger partial charge is 0.210 e. The molecule has 0 aliphatic heterocycles. The Kier molecular flexibility index (Phi) is 4.81. The quantitative estimate of drug-likeness (QED) is 0.399. The van der Waals surface area contributed by atoms with Crippen molar-refractivity contribution in [3.63, 3.8) is 0 Å². The lowest BCUT2D eigenvalue weighted by molar-refractivity contribution is -0.704. The molecule has 0 fully saturated rings. The lowest BCUT2D eigenvalue weighted by atomic mass is 10.0. The molecule has 0 saturated carbocycles. The first-order valence-corrected chi connectivity index (χ1v) is 9.05. The molecule has 1 aliphatic rings. The van der Waals surface area contributed by atoms with Crippen LogP contribution in [0.15, 0.2) is 97.3 Å². The number of hydrogen-bond donors (Lipinski definition) is 0. The molecule has 1 aromatic heterocycles. The number of fused-ring (bicyclic) bond motifs is 3. The van der Waals surface area contributed by atoms with Crippen molar-refractivity contribution < 1.29 is 21.5 Å². The Labute approximate surface area is 175 Å². The maximum absolute atomic E-state index is 8.96. The van der Waals surface area contributed by atoms with E-state index < -0.39 is 0 Å². The van der Waals surface area contributed by atoms with Crippen LogP contribution >= 0.6 is 0 Å². The molecule has 5 rings (SSSR count). The van der Waals surface area contributed by atoms with Crippen molar-refractivity contribution in [2.75, 3.05) is 0 Å². The third kappa shape index (κ3) is 2.93. The second-order valence-electron chi connectivity index (χ2n) is 6.80. The van der Waals surface area contributed by atoms with Crippen LogP contribution in [-0.4, -0.2) is 0 Å². The second kappa shape index (κ2) is 7.42. The van der Waals surface area contributed by atoms with Crippen LogP contribution in [-0.2, 0) is 0 Å². The standard InChI is InChI=1S/C25H17N2.BrH/c26-17-18-9-11-19(12-10-18)20-13-15-27(16-14-20)25-23-7-3-1-5-21(23)22-6-2-4-8-24(22)25;/h1-16,25H;1H/q+1;/p-1. The first-order chi connectivity index (χ1) is 13.3. The van der Waals surface area contributed by atoms with Gasteiger partial charge < -0.3 is 17.0 Å². The van der Waals surface area contributed by atoms with Gasteiger partial charge in [-0.25, -0.2) is 0 Å². The number of hydrogen-bond acceptors (Lipinski definition) is 1. The summed E-state index contributed by atoms with van der Waals surface area (Å²) in [4.78, 5) is 0. The van der Waals surface area contributed by atoms with E-state index in [0.717, 1.165) is 11.1 Å². The van der Waals surface area contributed by atoms with E-state index in [9.17, 15) is 0 Å². The van der Waals surface area contributed by atoms with Gasteiger partial charge in [-0.1, -0.05) is 60.7 Å². The molecule has 28 heavy (non-hydrogen) atoms. The summed E-state index contributed by atoms with van der Waals surface area (Å²) in [5, 5.41) is 8.96. The molecule has 0 bridgehead atoms. The molecule has 0 amide bonds. The first-order valence-electron chi connectivity index (χ1n) is 9.05. The van der Waals surface area contributed by atoms with Crippen molar-refractivity contribution in [1.29, 1.82) is 5.26 Å². The van der Waals surface area contributed by atoms with Crippen molar-refractivity contribution in [1.82, 2.24) is 0 Å². The fourth-order valence-electron chi connectivity index (χ4n) is 3.99. The third-order valence-electron chi connectivity index (χ3n) is 5.30. The van der Waals surface area contributed by atoms with Crippen LogP contribution < -0.4 is 21.5 Å². The van der Waals surface area contributed by atoms with Crippen molar-refractivity contribution >= 4 is 0 Å². The number of nitrogens with zero attached hydrogens (tertiary/aromatic N) is 2. The topological polar surface area (TPSA) is 27.7 Å². The molecule has 134 valence electrons. The van der Waals surface area contributed by atoms with Gasteiger partial charge in [0.1, 0.15) is 0 Å². The monoisotopic (exact) mass is 424 g/mol. The van der Waals surface area contributed by atoms with E-state index in [0.29, 0.717) is 5.56 Å². The van der Waals surface area contributed by atoms with Crippen LogP contribution in [0.2, 0.25) is 0 Å². The number of pyridine rings is 1. The van der Waals surface area contributed by atoms with E-state index in [1.807, 2.05) is 24.3 Å². The summed E-state index contributed by atoms with van der Waals surface area (Å²) in [5.41, 5.74) is 8.28. The maximum Gasteiger partial charge on any atom is 0.210 e. The van der Waals surface area contributed by atoms with E-state index in [2.05, 4.69) is 83.7 Å². The number of halogens is 1.